The van der Waals surface area contributed by atoms with E-state index in [0.717, 1.165) is 37.4 Å². The average molecular weight is 278 g/mol. The van der Waals surface area contributed by atoms with Gasteiger partial charge in [-0.15, -0.1) is 0 Å². The average Bonchev–Trinajstić information content (AvgIpc) is 2.49. The van der Waals surface area contributed by atoms with Gasteiger partial charge in [0, 0.05) is 19.1 Å². The molecule has 1 N–H and O–H groups in total. The first-order valence-corrected chi connectivity index (χ1v) is 7.69. The van der Waals surface area contributed by atoms with Crippen LogP contribution in [0.25, 0.3) is 0 Å². The number of hydrogen-bond acceptors (Lipinski definition) is 5. The van der Waals surface area contributed by atoms with Crippen LogP contribution in [-0.2, 0) is 0 Å². The molecule has 1 saturated heterocycles. The first kappa shape index (κ1) is 15.0. The lowest BCUT2D eigenvalue weighted by molar-refractivity contribution is 0.323. The summed E-state index contributed by atoms with van der Waals surface area (Å²) in [6, 6.07) is 0.520. The predicted octanol–water partition coefficient (Wildman–Crippen LogP) is 2.15. The van der Waals surface area contributed by atoms with E-state index in [4.69, 9.17) is 4.74 Å². The molecule has 1 aliphatic heterocycles. The molecule has 1 aliphatic rings. The number of aromatic nitrogens is 2. The minimum atomic E-state index is 0.520. The Morgan fingerprint density at radius 3 is 2.90 bits per heavy atom. The first-order chi connectivity index (χ1) is 9.77. The van der Waals surface area contributed by atoms with E-state index < -0.39 is 0 Å². The van der Waals surface area contributed by atoms with Gasteiger partial charge < -0.3 is 15.0 Å². The van der Waals surface area contributed by atoms with Crippen molar-refractivity contribution in [1.29, 1.82) is 0 Å². The SMILES string of the molecule is CCCN(c1ncnc(OCC)c1C)C1CCCNC1. The van der Waals surface area contributed by atoms with E-state index in [9.17, 15) is 0 Å². The maximum absolute atomic E-state index is 5.60. The molecular weight excluding hydrogens is 252 g/mol. The molecule has 20 heavy (non-hydrogen) atoms. The molecule has 0 amide bonds. The Kier molecular flexibility index (Phi) is 5.59. The normalized spacial score (nSPS) is 18.9. The van der Waals surface area contributed by atoms with Gasteiger partial charge in [0.15, 0.2) is 0 Å². The van der Waals surface area contributed by atoms with Crippen molar-refractivity contribution in [3.8, 4) is 5.88 Å². The summed E-state index contributed by atoms with van der Waals surface area (Å²) < 4.78 is 5.60. The summed E-state index contributed by atoms with van der Waals surface area (Å²) in [5.74, 6) is 1.74. The fourth-order valence-corrected chi connectivity index (χ4v) is 2.80. The summed E-state index contributed by atoms with van der Waals surface area (Å²) in [7, 11) is 0. The van der Waals surface area contributed by atoms with Gasteiger partial charge >= 0.3 is 0 Å². The van der Waals surface area contributed by atoms with Gasteiger partial charge in [-0.05, 0) is 39.7 Å². The topological polar surface area (TPSA) is 50.3 Å². The van der Waals surface area contributed by atoms with Gasteiger partial charge in [-0.1, -0.05) is 6.92 Å². The summed E-state index contributed by atoms with van der Waals surface area (Å²) in [6.07, 6.45) is 5.18. The Morgan fingerprint density at radius 1 is 1.40 bits per heavy atom. The van der Waals surface area contributed by atoms with E-state index in [-0.39, 0.29) is 0 Å². The molecule has 1 unspecified atom stereocenters. The molecule has 2 heterocycles. The van der Waals surface area contributed by atoms with E-state index >= 15 is 0 Å². The molecule has 0 radical (unpaired) electrons. The van der Waals surface area contributed by atoms with Gasteiger partial charge in [-0.2, -0.15) is 0 Å². The molecule has 0 spiro atoms. The summed E-state index contributed by atoms with van der Waals surface area (Å²) in [6.45, 7) is 10.1. The Hall–Kier alpha value is -1.36. The molecule has 5 nitrogen and oxygen atoms in total. The Balaban J connectivity index is 2.25. The summed E-state index contributed by atoms with van der Waals surface area (Å²) in [5, 5.41) is 3.49. The van der Waals surface area contributed by atoms with Gasteiger partial charge in [-0.25, -0.2) is 9.97 Å². The van der Waals surface area contributed by atoms with Crippen LogP contribution < -0.4 is 15.0 Å². The van der Waals surface area contributed by atoms with Gasteiger partial charge in [0.05, 0.1) is 12.2 Å². The highest BCUT2D eigenvalue weighted by Gasteiger charge is 2.24. The Labute approximate surface area is 121 Å². The highest BCUT2D eigenvalue weighted by Crippen LogP contribution is 2.27. The van der Waals surface area contributed by atoms with Crippen LogP contribution in [0.2, 0.25) is 0 Å². The van der Waals surface area contributed by atoms with Crippen molar-refractivity contribution in [1.82, 2.24) is 15.3 Å². The first-order valence-electron chi connectivity index (χ1n) is 7.69. The standard InChI is InChI=1S/C15H26N4O/c1-4-9-19(13-7-6-8-16-10-13)14-12(3)15(20-5-2)18-11-17-14/h11,13,16H,4-10H2,1-3H3. The van der Waals surface area contributed by atoms with Gasteiger partial charge in [0.25, 0.3) is 0 Å². The molecule has 0 saturated carbocycles. The zero-order chi connectivity index (χ0) is 14.4. The summed E-state index contributed by atoms with van der Waals surface area (Å²) >= 11 is 0. The third-order valence-electron chi connectivity index (χ3n) is 3.74. The molecule has 112 valence electrons. The van der Waals surface area contributed by atoms with Gasteiger partial charge in [-0.3, -0.25) is 0 Å². The molecule has 0 aliphatic carbocycles. The number of rotatable bonds is 6. The molecule has 0 aromatic carbocycles. The largest absolute Gasteiger partial charge is 0.478 e. The maximum Gasteiger partial charge on any atom is 0.221 e. The van der Waals surface area contributed by atoms with E-state index in [2.05, 4.69) is 34.0 Å². The van der Waals surface area contributed by atoms with Crippen molar-refractivity contribution in [2.45, 2.75) is 46.1 Å². The molecule has 5 heteroatoms. The lowest BCUT2D eigenvalue weighted by atomic mass is 10.0. The molecule has 0 bridgehead atoms. The fraction of sp³-hybridized carbons (Fsp3) is 0.733. The van der Waals surface area contributed by atoms with Crippen LogP contribution in [0, 0.1) is 6.92 Å². The van der Waals surface area contributed by atoms with Crippen LogP contribution in [0.5, 0.6) is 5.88 Å². The van der Waals surface area contributed by atoms with Crippen LogP contribution in [0.4, 0.5) is 5.82 Å². The lowest BCUT2D eigenvalue weighted by Crippen LogP contribution is -2.47. The number of nitrogens with zero attached hydrogens (tertiary/aromatic N) is 3. The molecular formula is C15H26N4O. The molecule has 1 aromatic heterocycles. The summed E-state index contributed by atoms with van der Waals surface area (Å²) in [4.78, 5) is 11.2. The maximum atomic E-state index is 5.60. The van der Waals surface area contributed by atoms with Crippen LogP contribution in [0.3, 0.4) is 0 Å². The Bertz CT molecular complexity index is 418. The molecule has 1 fully saturated rings. The van der Waals surface area contributed by atoms with Crippen molar-refractivity contribution in [3.63, 3.8) is 0 Å². The van der Waals surface area contributed by atoms with Crippen LogP contribution in [0.1, 0.15) is 38.7 Å². The Morgan fingerprint density at radius 2 is 2.25 bits per heavy atom. The zero-order valence-corrected chi connectivity index (χ0v) is 12.9. The minimum Gasteiger partial charge on any atom is -0.478 e. The highest BCUT2D eigenvalue weighted by atomic mass is 16.5. The third-order valence-corrected chi connectivity index (χ3v) is 3.74. The van der Waals surface area contributed by atoms with Crippen LogP contribution >= 0.6 is 0 Å². The number of piperidine rings is 1. The van der Waals surface area contributed by atoms with E-state index in [1.165, 1.54) is 12.8 Å². The number of hydrogen-bond donors (Lipinski definition) is 1. The summed E-state index contributed by atoms with van der Waals surface area (Å²) in [5.41, 5.74) is 1.05. The van der Waals surface area contributed by atoms with Crippen LogP contribution in [0.15, 0.2) is 6.33 Å². The van der Waals surface area contributed by atoms with Crippen molar-refractivity contribution in [2.75, 3.05) is 31.1 Å². The van der Waals surface area contributed by atoms with E-state index in [1.54, 1.807) is 6.33 Å². The molecule has 1 atom stereocenters. The van der Waals surface area contributed by atoms with Crippen molar-refractivity contribution < 1.29 is 4.74 Å². The fourth-order valence-electron chi connectivity index (χ4n) is 2.80. The number of ether oxygens (including phenoxy) is 1. The van der Waals surface area contributed by atoms with E-state index in [1.807, 2.05) is 6.92 Å². The van der Waals surface area contributed by atoms with Crippen molar-refractivity contribution >= 4 is 5.82 Å². The second-order valence-electron chi connectivity index (χ2n) is 5.25. The predicted molar refractivity (Wildman–Crippen MR) is 81.5 cm³/mol. The molecule has 2 rings (SSSR count). The van der Waals surface area contributed by atoms with E-state index in [0.29, 0.717) is 18.5 Å². The number of anilines is 1. The van der Waals surface area contributed by atoms with Crippen molar-refractivity contribution in [2.24, 2.45) is 0 Å². The van der Waals surface area contributed by atoms with Crippen molar-refractivity contribution in [3.05, 3.63) is 11.9 Å². The second kappa shape index (κ2) is 7.43. The lowest BCUT2D eigenvalue weighted by Gasteiger charge is -2.36. The third kappa shape index (κ3) is 3.39. The zero-order valence-electron chi connectivity index (χ0n) is 12.9. The van der Waals surface area contributed by atoms with Gasteiger partial charge in [0.2, 0.25) is 5.88 Å². The highest BCUT2D eigenvalue weighted by molar-refractivity contribution is 5.51. The molecule has 1 aromatic rings. The minimum absolute atomic E-state index is 0.520. The monoisotopic (exact) mass is 278 g/mol. The smallest absolute Gasteiger partial charge is 0.221 e. The second-order valence-corrected chi connectivity index (χ2v) is 5.25. The number of nitrogens with one attached hydrogen (secondary N) is 1. The van der Waals surface area contributed by atoms with Crippen LogP contribution in [-0.4, -0.2) is 42.3 Å². The quantitative estimate of drug-likeness (QED) is 0.864. The van der Waals surface area contributed by atoms with Gasteiger partial charge in [0.1, 0.15) is 12.1 Å².